The van der Waals surface area contributed by atoms with Crippen LogP contribution in [0.4, 0.5) is 0 Å². The predicted octanol–water partition coefficient (Wildman–Crippen LogP) is 1.62. The maximum Gasteiger partial charge on any atom is 0.355 e. The summed E-state index contributed by atoms with van der Waals surface area (Å²) in [6.45, 7) is 1.87. The number of nitrogens with zero attached hydrogens (tertiary/aromatic N) is 1. The number of carbonyl (C=O) groups excluding carboxylic acids is 2. The second-order valence-electron chi connectivity index (χ2n) is 5.85. The van der Waals surface area contributed by atoms with Crippen LogP contribution in [-0.2, 0) is 20.9 Å². The first-order chi connectivity index (χ1) is 10.6. The van der Waals surface area contributed by atoms with E-state index in [1.165, 1.54) is 4.90 Å². The van der Waals surface area contributed by atoms with Gasteiger partial charge in [0, 0.05) is 0 Å². The largest absolute Gasteiger partial charge is 0.456 e. The van der Waals surface area contributed by atoms with Crippen LogP contribution in [-0.4, -0.2) is 34.0 Å². The molecule has 3 rings (SSSR count). The van der Waals surface area contributed by atoms with Crippen molar-refractivity contribution in [2.24, 2.45) is 5.92 Å². The minimum Gasteiger partial charge on any atom is -0.456 e. The fraction of sp³-hybridized carbons (Fsp3) is 0.412. The van der Waals surface area contributed by atoms with Crippen LogP contribution in [0.15, 0.2) is 42.1 Å². The number of aliphatic hydroxyl groups excluding tert-OH is 1. The fourth-order valence-electron chi connectivity index (χ4n) is 3.11. The van der Waals surface area contributed by atoms with Crippen molar-refractivity contribution in [1.29, 1.82) is 0 Å². The molecule has 2 aliphatic heterocycles. The van der Waals surface area contributed by atoms with Crippen molar-refractivity contribution in [2.45, 2.75) is 38.5 Å². The molecule has 5 heteroatoms. The van der Waals surface area contributed by atoms with Crippen LogP contribution in [0.25, 0.3) is 0 Å². The molecule has 2 aliphatic rings. The Labute approximate surface area is 129 Å². The molecule has 0 aliphatic carbocycles. The highest BCUT2D eigenvalue weighted by Crippen LogP contribution is 2.41. The lowest BCUT2D eigenvalue weighted by Crippen LogP contribution is -2.59. The summed E-state index contributed by atoms with van der Waals surface area (Å²) in [5, 5.41) is 9.43. The van der Waals surface area contributed by atoms with Crippen LogP contribution < -0.4 is 0 Å². The molecule has 1 fully saturated rings. The molecule has 0 aromatic heterocycles. The Morgan fingerprint density at radius 3 is 2.82 bits per heavy atom. The molecule has 22 heavy (non-hydrogen) atoms. The summed E-state index contributed by atoms with van der Waals surface area (Å²) >= 11 is 0. The van der Waals surface area contributed by atoms with Gasteiger partial charge in [0.2, 0.25) is 5.91 Å². The van der Waals surface area contributed by atoms with Crippen molar-refractivity contribution in [3.05, 3.63) is 47.7 Å². The van der Waals surface area contributed by atoms with Gasteiger partial charge in [0.1, 0.15) is 12.3 Å². The number of benzene rings is 1. The van der Waals surface area contributed by atoms with E-state index < -0.39 is 12.1 Å². The van der Waals surface area contributed by atoms with Gasteiger partial charge in [0.25, 0.3) is 0 Å². The second kappa shape index (κ2) is 5.93. The molecule has 0 radical (unpaired) electrons. The predicted molar refractivity (Wildman–Crippen MR) is 79.4 cm³/mol. The molecule has 3 unspecified atom stereocenters. The summed E-state index contributed by atoms with van der Waals surface area (Å²) in [6.07, 6.45) is 2.35. The van der Waals surface area contributed by atoms with Crippen LogP contribution >= 0.6 is 0 Å². The van der Waals surface area contributed by atoms with Gasteiger partial charge in [0.05, 0.1) is 18.1 Å². The molecule has 3 atom stereocenters. The molecule has 116 valence electrons. The van der Waals surface area contributed by atoms with Crippen LogP contribution in [0.3, 0.4) is 0 Å². The molecule has 1 aromatic rings. The van der Waals surface area contributed by atoms with Gasteiger partial charge in [-0.3, -0.25) is 4.79 Å². The number of hydrogen-bond donors (Lipinski definition) is 1. The van der Waals surface area contributed by atoms with Gasteiger partial charge in [-0.15, -0.1) is 0 Å². The molecular formula is C17H19NO4. The third-order valence-corrected chi connectivity index (χ3v) is 4.18. The molecule has 1 aromatic carbocycles. The lowest BCUT2D eigenvalue weighted by molar-refractivity contribution is -0.158. The highest BCUT2D eigenvalue weighted by molar-refractivity contribution is 5.99. The highest BCUT2D eigenvalue weighted by Gasteiger charge is 2.52. The third kappa shape index (κ3) is 2.64. The standard InChI is InChI=1S/C17H19NO4/c1-11(19)9-13-14-7-8-15(18(14)16(13)20)17(21)22-10-12-5-3-2-4-6-12/h2-6,8,11,13-14,19H,7,9-10H2,1H3. The second-order valence-corrected chi connectivity index (χ2v) is 5.85. The first-order valence-electron chi connectivity index (χ1n) is 7.50. The van der Waals surface area contributed by atoms with Gasteiger partial charge < -0.3 is 14.7 Å². The average molecular weight is 301 g/mol. The Morgan fingerprint density at radius 2 is 2.14 bits per heavy atom. The van der Waals surface area contributed by atoms with E-state index in [9.17, 15) is 14.7 Å². The molecule has 0 bridgehead atoms. The van der Waals surface area contributed by atoms with Gasteiger partial charge >= 0.3 is 5.97 Å². The van der Waals surface area contributed by atoms with E-state index in [-0.39, 0.29) is 24.5 Å². The molecular weight excluding hydrogens is 282 g/mol. The lowest BCUT2D eigenvalue weighted by Gasteiger charge is -2.44. The highest BCUT2D eigenvalue weighted by atomic mass is 16.5. The van der Waals surface area contributed by atoms with Gasteiger partial charge in [-0.25, -0.2) is 4.79 Å². The van der Waals surface area contributed by atoms with Gasteiger partial charge in [-0.2, -0.15) is 0 Å². The van der Waals surface area contributed by atoms with E-state index >= 15 is 0 Å². The first kappa shape index (κ1) is 14.8. The van der Waals surface area contributed by atoms with Crippen molar-refractivity contribution in [2.75, 3.05) is 0 Å². The van der Waals surface area contributed by atoms with E-state index in [1.807, 2.05) is 30.3 Å². The quantitative estimate of drug-likeness (QED) is 0.663. The zero-order chi connectivity index (χ0) is 15.7. The fourth-order valence-corrected chi connectivity index (χ4v) is 3.11. The smallest absolute Gasteiger partial charge is 0.355 e. The monoisotopic (exact) mass is 301 g/mol. The Hall–Kier alpha value is -2.14. The lowest BCUT2D eigenvalue weighted by atomic mass is 9.83. The number of esters is 1. The van der Waals surface area contributed by atoms with Gasteiger partial charge in [-0.1, -0.05) is 36.4 Å². The zero-order valence-corrected chi connectivity index (χ0v) is 12.4. The number of aliphatic hydroxyl groups is 1. The van der Waals surface area contributed by atoms with Crippen molar-refractivity contribution >= 4 is 11.9 Å². The number of hydrogen-bond acceptors (Lipinski definition) is 4. The Balaban J connectivity index is 1.58. The van der Waals surface area contributed by atoms with Crippen molar-refractivity contribution in [1.82, 2.24) is 4.90 Å². The molecule has 5 nitrogen and oxygen atoms in total. The molecule has 0 spiro atoms. The first-order valence-corrected chi connectivity index (χ1v) is 7.50. The van der Waals surface area contributed by atoms with E-state index in [2.05, 4.69) is 0 Å². The minimum atomic E-state index is -0.509. The minimum absolute atomic E-state index is 0.00127. The molecule has 0 saturated carbocycles. The van der Waals surface area contributed by atoms with Crippen molar-refractivity contribution in [3.8, 4) is 0 Å². The SMILES string of the molecule is CC(O)CC1C(=O)N2C(C(=O)OCc3ccccc3)=CCC12. The summed E-state index contributed by atoms with van der Waals surface area (Å²) in [6, 6.07) is 9.43. The number of rotatable bonds is 5. The van der Waals surface area contributed by atoms with Crippen LogP contribution in [0.5, 0.6) is 0 Å². The number of β-lactam (4-membered cyclic amide) rings is 1. The van der Waals surface area contributed by atoms with E-state index in [4.69, 9.17) is 4.74 Å². The number of ether oxygens (including phenoxy) is 1. The molecule has 1 saturated heterocycles. The summed E-state index contributed by atoms with van der Waals surface area (Å²) < 4.78 is 5.28. The average Bonchev–Trinajstić information content (AvgIpc) is 2.92. The molecule has 1 N–H and O–H groups in total. The van der Waals surface area contributed by atoms with Crippen molar-refractivity contribution in [3.63, 3.8) is 0 Å². The summed E-state index contributed by atoms with van der Waals surface area (Å²) in [5.74, 6) is -0.739. The Bertz CT molecular complexity index is 608. The normalized spacial score (nSPS) is 24.4. The van der Waals surface area contributed by atoms with Gasteiger partial charge in [0.15, 0.2) is 0 Å². The number of fused-ring (bicyclic) bond motifs is 1. The maximum atomic E-state index is 12.1. The van der Waals surface area contributed by atoms with Crippen LogP contribution in [0, 0.1) is 5.92 Å². The Morgan fingerprint density at radius 1 is 1.41 bits per heavy atom. The molecule has 2 heterocycles. The third-order valence-electron chi connectivity index (χ3n) is 4.18. The summed E-state index contributed by atoms with van der Waals surface area (Å²) in [7, 11) is 0. The molecule has 1 amide bonds. The zero-order valence-electron chi connectivity index (χ0n) is 12.4. The summed E-state index contributed by atoms with van der Waals surface area (Å²) in [5.41, 5.74) is 1.25. The van der Waals surface area contributed by atoms with Crippen LogP contribution in [0.2, 0.25) is 0 Å². The topological polar surface area (TPSA) is 66.8 Å². The number of carbonyl (C=O) groups is 2. The maximum absolute atomic E-state index is 12.1. The van der Waals surface area contributed by atoms with Gasteiger partial charge in [-0.05, 0) is 25.3 Å². The Kier molecular flexibility index (Phi) is 3.98. The van der Waals surface area contributed by atoms with Crippen molar-refractivity contribution < 1.29 is 19.4 Å². The van der Waals surface area contributed by atoms with E-state index in [0.717, 1.165) is 5.56 Å². The van der Waals surface area contributed by atoms with Crippen LogP contribution in [0.1, 0.15) is 25.3 Å². The number of amides is 1. The summed E-state index contributed by atoms with van der Waals surface area (Å²) in [4.78, 5) is 25.8. The van der Waals surface area contributed by atoms with E-state index in [0.29, 0.717) is 18.5 Å². The van der Waals surface area contributed by atoms with E-state index in [1.54, 1.807) is 13.0 Å².